The maximum Gasteiger partial charge on any atom is 0.496 e. The lowest BCUT2D eigenvalue weighted by molar-refractivity contribution is -0.114. The number of nitrogens with two attached hydrogens (primary N) is 1. The number of hydrogen-bond acceptors (Lipinski definition) is 4. The van der Waals surface area contributed by atoms with E-state index in [1.807, 2.05) is 6.55 Å². The predicted octanol–water partition coefficient (Wildman–Crippen LogP) is 0.542. The molecule has 0 aliphatic rings. The van der Waals surface area contributed by atoms with E-state index in [-0.39, 0.29) is 0 Å². The lowest BCUT2D eigenvalue weighted by atomic mass is 10.3. The van der Waals surface area contributed by atoms with Crippen molar-refractivity contribution in [3.63, 3.8) is 0 Å². The zero-order chi connectivity index (χ0) is 11.8. The second-order valence-electron chi connectivity index (χ2n) is 2.62. The van der Waals surface area contributed by atoms with Gasteiger partial charge in [-0.1, -0.05) is 6.58 Å². The summed E-state index contributed by atoms with van der Waals surface area (Å²) in [5.41, 5.74) is 5.09. The Bertz CT molecular complexity index is 172. The molecule has 0 rings (SSSR count). The van der Waals surface area contributed by atoms with Gasteiger partial charge in [-0.3, -0.25) is 4.79 Å². The Hall–Kier alpha value is -0.693. The molecule has 0 aromatic carbocycles. The van der Waals surface area contributed by atoms with E-state index in [0.29, 0.717) is 5.57 Å². The fourth-order valence-corrected chi connectivity index (χ4v) is 0.750. The summed E-state index contributed by atoms with van der Waals surface area (Å²) in [6.07, 6.45) is 0. The molecule has 0 aliphatic heterocycles. The van der Waals surface area contributed by atoms with Crippen molar-refractivity contribution < 1.29 is 18.1 Å². The van der Waals surface area contributed by atoms with E-state index in [1.54, 1.807) is 28.3 Å². The van der Waals surface area contributed by atoms with Crippen LogP contribution in [0.2, 0.25) is 6.55 Å². The second-order valence-corrected chi connectivity index (χ2v) is 5.57. The van der Waals surface area contributed by atoms with Crippen LogP contribution < -0.4 is 5.73 Å². The summed E-state index contributed by atoms with van der Waals surface area (Å²) in [5, 5.41) is 0. The van der Waals surface area contributed by atoms with Crippen molar-refractivity contribution in [2.24, 2.45) is 5.73 Å². The van der Waals surface area contributed by atoms with Gasteiger partial charge in [-0.25, -0.2) is 0 Å². The Kier molecular flexibility index (Phi) is 8.66. The molecule has 0 atom stereocenters. The third kappa shape index (κ3) is 7.93. The molecular weight excluding hydrogens is 202 g/mol. The maximum absolute atomic E-state index is 9.82. The number of primary amides is 1. The van der Waals surface area contributed by atoms with Gasteiger partial charge in [0, 0.05) is 33.4 Å². The van der Waals surface area contributed by atoms with E-state index in [9.17, 15) is 4.79 Å². The molecule has 0 bridgehead atoms. The van der Waals surface area contributed by atoms with Gasteiger partial charge in [0.05, 0.1) is 0 Å². The van der Waals surface area contributed by atoms with E-state index in [4.69, 9.17) is 19.0 Å². The van der Waals surface area contributed by atoms with Gasteiger partial charge in [0.25, 0.3) is 0 Å². The zero-order valence-electron chi connectivity index (χ0n) is 9.42. The van der Waals surface area contributed by atoms with Crippen molar-refractivity contribution in [1.29, 1.82) is 0 Å². The largest absolute Gasteiger partial charge is 0.496 e. The number of carbonyl (C=O) groups excluding carboxylic acids is 1. The van der Waals surface area contributed by atoms with Crippen LogP contribution in [0.5, 0.6) is 0 Å². The Morgan fingerprint density at radius 3 is 1.43 bits per heavy atom. The van der Waals surface area contributed by atoms with Crippen LogP contribution in [0.25, 0.3) is 0 Å². The highest BCUT2D eigenvalue weighted by Gasteiger charge is 2.29. The summed E-state index contributed by atoms with van der Waals surface area (Å²) in [5.74, 6) is -0.435. The predicted molar refractivity (Wildman–Crippen MR) is 56.7 cm³/mol. The van der Waals surface area contributed by atoms with Gasteiger partial charge in [-0.15, -0.1) is 0 Å². The van der Waals surface area contributed by atoms with Gasteiger partial charge in [0.15, 0.2) is 0 Å². The third-order valence-electron chi connectivity index (χ3n) is 1.53. The number of carbonyl (C=O) groups is 1. The van der Waals surface area contributed by atoms with Gasteiger partial charge >= 0.3 is 8.80 Å². The third-order valence-corrected chi connectivity index (χ3v) is 3.76. The molecule has 0 radical (unpaired) electrons. The average Bonchev–Trinajstić information content (AvgIpc) is 2.17. The normalized spacial score (nSPS) is 10.1. The van der Waals surface area contributed by atoms with E-state index in [0.717, 1.165) is 0 Å². The van der Waals surface area contributed by atoms with E-state index >= 15 is 0 Å². The van der Waals surface area contributed by atoms with E-state index in [2.05, 4.69) is 6.58 Å². The van der Waals surface area contributed by atoms with Crippen molar-refractivity contribution in [3.8, 4) is 0 Å². The highest BCUT2D eigenvalue weighted by molar-refractivity contribution is 6.58. The lowest BCUT2D eigenvalue weighted by Crippen LogP contribution is -2.38. The van der Waals surface area contributed by atoms with Crippen molar-refractivity contribution in [3.05, 3.63) is 12.2 Å². The Labute approximate surface area is 86.2 Å². The fourth-order valence-electron chi connectivity index (χ4n) is 0.250. The number of hydrogen-bond donors (Lipinski definition) is 1. The molecule has 1 amide bonds. The summed E-state index contributed by atoms with van der Waals surface area (Å²) in [7, 11) is 2.58. The molecule has 0 saturated heterocycles. The first kappa shape index (κ1) is 15.8. The molecule has 0 saturated carbocycles. The summed E-state index contributed by atoms with van der Waals surface area (Å²) < 4.78 is 14.8. The molecule has 0 unspecified atom stereocenters. The molecule has 14 heavy (non-hydrogen) atoms. The van der Waals surface area contributed by atoms with Crippen molar-refractivity contribution >= 4 is 14.7 Å². The monoisotopic (exact) mass is 221 g/mol. The SMILES string of the molecule is C=C(C)C(N)=O.CO[Si](C)(OC)OC. The van der Waals surface area contributed by atoms with Crippen LogP contribution in [-0.4, -0.2) is 36.0 Å². The molecule has 6 heteroatoms. The highest BCUT2D eigenvalue weighted by Crippen LogP contribution is 2.02. The van der Waals surface area contributed by atoms with Crippen molar-refractivity contribution in [2.45, 2.75) is 13.5 Å². The topological polar surface area (TPSA) is 70.8 Å². The van der Waals surface area contributed by atoms with Crippen LogP contribution in [0.1, 0.15) is 6.92 Å². The molecule has 5 nitrogen and oxygen atoms in total. The Morgan fingerprint density at radius 2 is 1.43 bits per heavy atom. The molecule has 0 fully saturated rings. The van der Waals surface area contributed by atoms with Crippen LogP contribution in [0, 0.1) is 0 Å². The molecule has 0 spiro atoms. The summed E-state index contributed by atoms with van der Waals surface area (Å²) in [4.78, 5) is 9.82. The van der Waals surface area contributed by atoms with Crippen LogP contribution in [0.3, 0.4) is 0 Å². The molecule has 84 valence electrons. The zero-order valence-corrected chi connectivity index (χ0v) is 10.4. The minimum atomic E-state index is -2.17. The summed E-state index contributed by atoms with van der Waals surface area (Å²) >= 11 is 0. The molecule has 0 aliphatic carbocycles. The first-order valence-corrected chi connectivity index (χ1v) is 6.16. The van der Waals surface area contributed by atoms with Crippen molar-refractivity contribution in [1.82, 2.24) is 0 Å². The minimum absolute atomic E-state index is 0.398. The van der Waals surface area contributed by atoms with E-state index in [1.165, 1.54) is 0 Å². The van der Waals surface area contributed by atoms with Crippen LogP contribution in [0.15, 0.2) is 12.2 Å². The smallest absolute Gasteiger partial charge is 0.377 e. The molecule has 2 N–H and O–H groups in total. The van der Waals surface area contributed by atoms with Gasteiger partial charge in [-0.2, -0.15) is 0 Å². The molecule has 0 aromatic heterocycles. The lowest BCUT2D eigenvalue weighted by Gasteiger charge is -2.18. The van der Waals surface area contributed by atoms with Gasteiger partial charge in [0.1, 0.15) is 0 Å². The van der Waals surface area contributed by atoms with E-state index < -0.39 is 14.7 Å². The first-order chi connectivity index (χ1) is 6.32. The maximum atomic E-state index is 9.82. The van der Waals surface area contributed by atoms with Crippen LogP contribution >= 0.6 is 0 Å². The summed E-state index contributed by atoms with van der Waals surface area (Å²) in [6.45, 7) is 6.68. The van der Waals surface area contributed by atoms with Gasteiger partial charge < -0.3 is 19.0 Å². The fraction of sp³-hybridized carbons (Fsp3) is 0.625. The van der Waals surface area contributed by atoms with Gasteiger partial charge in [-0.05, 0) is 6.92 Å². The Balaban J connectivity index is 0. The van der Waals surface area contributed by atoms with Crippen LogP contribution in [-0.2, 0) is 18.1 Å². The van der Waals surface area contributed by atoms with Crippen LogP contribution in [0.4, 0.5) is 0 Å². The minimum Gasteiger partial charge on any atom is -0.377 e. The number of rotatable bonds is 4. The summed E-state index contributed by atoms with van der Waals surface area (Å²) in [6, 6.07) is 0. The quantitative estimate of drug-likeness (QED) is 0.555. The highest BCUT2D eigenvalue weighted by atomic mass is 28.4. The molecule has 0 heterocycles. The average molecular weight is 221 g/mol. The van der Waals surface area contributed by atoms with Crippen molar-refractivity contribution in [2.75, 3.05) is 21.3 Å². The standard InChI is InChI=1S/C4H7NO.C4H12O3Si/c1-3(2)4(5)6;1-5-8(4,6-2)7-3/h1H2,2H3,(H2,5,6);1-4H3. The first-order valence-electron chi connectivity index (χ1n) is 3.93. The molecule has 0 aromatic rings. The second kappa shape index (κ2) is 7.69. The number of amides is 1. The Morgan fingerprint density at radius 1 is 1.21 bits per heavy atom. The van der Waals surface area contributed by atoms with Gasteiger partial charge in [0.2, 0.25) is 5.91 Å². The molecular formula is C8H19NO4Si.